The molecule has 0 unspecified atom stereocenters. The zero-order valence-corrected chi connectivity index (χ0v) is 15.0. The van der Waals surface area contributed by atoms with E-state index < -0.39 is 5.60 Å². The Hall–Kier alpha value is -1.63. The molecule has 0 radical (unpaired) electrons. The lowest BCUT2D eigenvalue weighted by molar-refractivity contribution is -0.125. The molecule has 25 heavy (non-hydrogen) atoms. The summed E-state index contributed by atoms with van der Waals surface area (Å²) in [5.74, 6) is -0.0940. The van der Waals surface area contributed by atoms with Gasteiger partial charge in [0.05, 0.1) is 5.60 Å². The fourth-order valence-electron chi connectivity index (χ4n) is 3.47. The maximum Gasteiger partial charge on any atom is 0.324 e. The van der Waals surface area contributed by atoms with E-state index in [1.807, 2.05) is 12.1 Å². The Morgan fingerprint density at radius 2 is 1.88 bits per heavy atom. The SMILES string of the molecule is O=C1CCCN1C(=O)NCCN1CCC(O)(c2ccc(Cl)cc2)CC1. The minimum absolute atomic E-state index is 0.0940. The summed E-state index contributed by atoms with van der Waals surface area (Å²) in [4.78, 5) is 27.0. The predicted octanol–water partition coefficient (Wildman–Crippen LogP) is 1.96. The number of aliphatic hydroxyl groups is 1. The van der Waals surface area contributed by atoms with Crippen LogP contribution in [-0.2, 0) is 10.4 Å². The number of nitrogens with zero attached hydrogens (tertiary/aromatic N) is 2. The van der Waals surface area contributed by atoms with E-state index in [-0.39, 0.29) is 11.9 Å². The fourth-order valence-corrected chi connectivity index (χ4v) is 3.60. The molecule has 3 amide bonds. The van der Waals surface area contributed by atoms with Crippen LogP contribution in [0.4, 0.5) is 4.79 Å². The summed E-state index contributed by atoms with van der Waals surface area (Å²) in [5, 5.41) is 14.3. The summed E-state index contributed by atoms with van der Waals surface area (Å²) >= 11 is 5.91. The van der Waals surface area contributed by atoms with Gasteiger partial charge in [-0.2, -0.15) is 0 Å². The molecule has 0 spiro atoms. The molecule has 2 N–H and O–H groups in total. The van der Waals surface area contributed by atoms with Crippen molar-refractivity contribution in [2.24, 2.45) is 0 Å². The van der Waals surface area contributed by atoms with Crippen LogP contribution < -0.4 is 5.32 Å². The molecule has 2 saturated heterocycles. The van der Waals surface area contributed by atoms with Gasteiger partial charge in [0.25, 0.3) is 0 Å². The van der Waals surface area contributed by atoms with E-state index >= 15 is 0 Å². The standard InChI is InChI=1S/C18H24ClN3O3/c19-15-5-3-14(4-6-15)18(25)7-11-21(12-8-18)13-9-20-17(24)22-10-1-2-16(22)23/h3-6,25H,1-2,7-13H2,(H,20,24). The van der Waals surface area contributed by atoms with Crippen molar-refractivity contribution >= 4 is 23.5 Å². The molecule has 3 rings (SSSR count). The van der Waals surface area contributed by atoms with Gasteiger partial charge in [0.15, 0.2) is 0 Å². The van der Waals surface area contributed by atoms with Gasteiger partial charge in [-0.1, -0.05) is 23.7 Å². The molecule has 6 nitrogen and oxygen atoms in total. The molecule has 2 heterocycles. The first-order valence-electron chi connectivity index (χ1n) is 8.77. The second-order valence-electron chi connectivity index (χ2n) is 6.76. The highest BCUT2D eigenvalue weighted by Crippen LogP contribution is 2.33. The summed E-state index contributed by atoms with van der Waals surface area (Å²) in [6, 6.07) is 7.07. The van der Waals surface area contributed by atoms with Crippen LogP contribution in [-0.4, -0.2) is 59.6 Å². The number of benzene rings is 1. The third kappa shape index (κ3) is 4.32. The minimum Gasteiger partial charge on any atom is -0.385 e. The lowest BCUT2D eigenvalue weighted by Crippen LogP contribution is -2.47. The van der Waals surface area contributed by atoms with Gasteiger partial charge in [-0.15, -0.1) is 0 Å². The number of urea groups is 1. The number of hydrogen-bond acceptors (Lipinski definition) is 4. The Labute approximate surface area is 152 Å². The van der Waals surface area contributed by atoms with Crippen molar-refractivity contribution in [2.75, 3.05) is 32.7 Å². The van der Waals surface area contributed by atoms with Gasteiger partial charge >= 0.3 is 6.03 Å². The first-order chi connectivity index (χ1) is 12.0. The highest BCUT2D eigenvalue weighted by molar-refractivity contribution is 6.30. The van der Waals surface area contributed by atoms with Crippen molar-refractivity contribution in [3.05, 3.63) is 34.9 Å². The van der Waals surface area contributed by atoms with Crippen molar-refractivity contribution in [1.82, 2.24) is 15.1 Å². The maximum atomic E-state index is 11.9. The van der Waals surface area contributed by atoms with E-state index in [4.69, 9.17) is 11.6 Å². The van der Waals surface area contributed by atoms with Gasteiger partial charge < -0.3 is 15.3 Å². The number of rotatable bonds is 4. The van der Waals surface area contributed by atoms with E-state index in [1.54, 1.807) is 12.1 Å². The van der Waals surface area contributed by atoms with Crippen LogP contribution in [0.25, 0.3) is 0 Å². The molecule has 2 aliphatic rings. The summed E-state index contributed by atoms with van der Waals surface area (Å²) in [6.45, 7) is 3.25. The Balaban J connectivity index is 1.42. The summed E-state index contributed by atoms with van der Waals surface area (Å²) in [5.41, 5.74) is 0.0872. The van der Waals surface area contributed by atoms with Crippen LogP contribution in [0.15, 0.2) is 24.3 Å². The zero-order chi connectivity index (χ0) is 17.9. The Morgan fingerprint density at radius 1 is 1.20 bits per heavy atom. The third-order valence-electron chi connectivity index (χ3n) is 5.09. The van der Waals surface area contributed by atoms with E-state index in [9.17, 15) is 14.7 Å². The number of halogens is 1. The zero-order valence-electron chi connectivity index (χ0n) is 14.2. The minimum atomic E-state index is -0.813. The average Bonchev–Trinajstić information content (AvgIpc) is 3.03. The normalized spacial score (nSPS) is 20.7. The summed E-state index contributed by atoms with van der Waals surface area (Å²) in [6.07, 6.45) is 2.50. The Morgan fingerprint density at radius 3 is 2.48 bits per heavy atom. The van der Waals surface area contributed by atoms with Gasteiger partial charge in [0.2, 0.25) is 5.91 Å². The lowest BCUT2D eigenvalue weighted by Gasteiger charge is -2.38. The second kappa shape index (κ2) is 7.72. The van der Waals surface area contributed by atoms with Crippen LogP contribution in [0.3, 0.4) is 0 Å². The monoisotopic (exact) mass is 365 g/mol. The van der Waals surface area contributed by atoms with Crippen molar-refractivity contribution in [2.45, 2.75) is 31.3 Å². The van der Waals surface area contributed by atoms with Gasteiger partial charge in [-0.05, 0) is 37.0 Å². The second-order valence-corrected chi connectivity index (χ2v) is 7.20. The molecule has 0 bridgehead atoms. The molecule has 0 aliphatic carbocycles. The number of imide groups is 1. The third-order valence-corrected chi connectivity index (χ3v) is 5.34. The quantitative estimate of drug-likeness (QED) is 0.855. The number of piperidine rings is 1. The van der Waals surface area contributed by atoms with Gasteiger partial charge in [0.1, 0.15) is 0 Å². The summed E-state index contributed by atoms with van der Waals surface area (Å²) in [7, 11) is 0. The number of carbonyl (C=O) groups is 2. The summed E-state index contributed by atoms with van der Waals surface area (Å²) < 4.78 is 0. The molecule has 2 aliphatic heterocycles. The van der Waals surface area contributed by atoms with E-state index in [1.165, 1.54) is 4.90 Å². The van der Waals surface area contributed by atoms with Crippen molar-refractivity contribution in [1.29, 1.82) is 0 Å². The van der Waals surface area contributed by atoms with E-state index in [0.29, 0.717) is 43.9 Å². The smallest absolute Gasteiger partial charge is 0.324 e. The van der Waals surface area contributed by atoms with Crippen molar-refractivity contribution < 1.29 is 14.7 Å². The highest BCUT2D eigenvalue weighted by atomic mass is 35.5. The lowest BCUT2D eigenvalue weighted by atomic mass is 9.84. The van der Waals surface area contributed by atoms with Gasteiger partial charge in [-0.25, -0.2) is 4.79 Å². The highest BCUT2D eigenvalue weighted by Gasteiger charge is 2.34. The molecule has 2 fully saturated rings. The van der Waals surface area contributed by atoms with Gasteiger partial charge in [-0.3, -0.25) is 9.69 Å². The number of hydrogen-bond donors (Lipinski definition) is 2. The largest absolute Gasteiger partial charge is 0.385 e. The van der Waals surface area contributed by atoms with Crippen molar-refractivity contribution in [3.8, 4) is 0 Å². The number of carbonyl (C=O) groups excluding carboxylic acids is 2. The van der Waals surface area contributed by atoms with Gasteiger partial charge in [0, 0.05) is 44.2 Å². The molecule has 0 atom stereocenters. The topological polar surface area (TPSA) is 72.9 Å². The van der Waals surface area contributed by atoms with Crippen LogP contribution in [0.5, 0.6) is 0 Å². The molecular formula is C18H24ClN3O3. The Bertz CT molecular complexity index is 627. The van der Waals surface area contributed by atoms with E-state index in [2.05, 4.69) is 10.2 Å². The molecule has 0 aromatic heterocycles. The Kier molecular flexibility index (Phi) is 5.61. The predicted molar refractivity (Wildman–Crippen MR) is 95.4 cm³/mol. The van der Waals surface area contributed by atoms with Crippen LogP contribution >= 0.6 is 11.6 Å². The van der Waals surface area contributed by atoms with Crippen LogP contribution in [0, 0.1) is 0 Å². The molecule has 0 saturated carbocycles. The molecule has 7 heteroatoms. The first kappa shape index (κ1) is 18.2. The van der Waals surface area contributed by atoms with E-state index in [0.717, 1.165) is 25.1 Å². The number of nitrogens with one attached hydrogen (secondary N) is 1. The number of amides is 3. The fraction of sp³-hybridized carbons (Fsp3) is 0.556. The van der Waals surface area contributed by atoms with Crippen molar-refractivity contribution in [3.63, 3.8) is 0 Å². The van der Waals surface area contributed by atoms with Crippen LogP contribution in [0.1, 0.15) is 31.2 Å². The number of likely N-dealkylation sites (tertiary alicyclic amines) is 2. The molecule has 1 aromatic carbocycles. The average molecular weight is 366 g/mol. The molecule has 1 aromatic rings. The molecule has 136 valence electrons. The first-order valence-corrected chi connectivity index (χ1v) is 9.15. The maximum absolute atomic E-state index is 11.9. The molecular weight excluding hydrogens is 342 g/mol. The van der Waals surface area contributed by atoms with Crippen LogP contribution in [0.2, 0.25) is 5.02 Å².